The quantitative estimate of drug-likeness (QED) is 0.179. The Morgan fingerprint density at radius 1 is 0.404 bits per heavy atom. The van der Waals surface area contributed by atoms with Crippen molar-refractivity contribution in [3.8, 4) is 33.4 Å². The molecule has 1 atom stereocenters. The summed E-state index contributed by atoms with van der Waals surface area (Å²) in [6, 6.07) is 67.8. The van der Waals surface area contributed by atoms with Crippen LogP contribution in [0.5, 0.6) is 0 Å². The number of hydrogen-bond donors (Lipinski definition) is 0. The van der Waals surface area contributed by atoms with Crippen molar-refractivity contribution in [2.24, 2.45) is 4.99 Å². The number of anilines is 1. The Morgan fingerprint density at radius 2 is 0.981 bits per heavy atom. The molecule has 1 aliphatic heterocycles. The van der Waals surface area contributed by atoms with Gasteiger partial charge >= 0.3 is 0 Å². The molecule has 1 aliphatic rings. The maximum atomic E-state index is 5.67. The van der Waals surface area contributed by atoms with Crippen molar-refractivity contribution in [3.05, 3.63) is 199 Å². The highest BCUT2D eigenvalue weighted by atomic mass is 15.4. The van der Waals surface area contributed by atoms with Crippen LogP contribution in [0.3, 0.4) is 0 Å². The van der Waals surface area contributed by atoms with Crippen LogP contribution in [0.2, 0.25) is 0 Å². The van der Waals surface area contributed by atoms with E-state index in [2.05, 4.69) is 205 Å². The lowest BCUT2D eigenvalue weighted by atomic mass is 9.90. The van der Waals surface area contributed by atoms with Crippen LogP contribution in [-0.4, -0.2) is 17.3 Å². The number of benzene rings is 8. The minimum Gasteiger partial charge on any atom is -0.335 e. The number of nitrogens with zero attached hydrogens (tertiary/aromatic N) is 3. The van der Waals surface area contributed by atoms with E-state index in [0.29, 0.717) is 0 Å². The second-order valence-corrected chi connectivity index (χ2v) is 13.6. The first-order chi connectivity index (χ1) is 25.7. The average Bonchev–Trinajstić information content (AvgIpc) is 3.55. The molecule has 3 heteroatoms. The minimum atomic E-state index is -0.338. The molecule has 9 aromatic rings. The molecular weight excluding hydrogens is 631 g/mol. The van der Waals surface area contributed by atoms with Crippen molar-refractivity contribution in [2.45, 2.75) is 6.29 Å². The van der Waals surface area contributed by atoms with Crippen LogP contribution in [0.4, 0.5) is 5.69 Å². The summed E-state index contributed by atoms with van der Waals surface area (Å²) in [4.78, 5) is 8.01. The van der Waals surface area contributed by atoms with Crippen LogP contribution in [0.1, 0.15) is 17.4 Å². The maximum Gasteiger partial charge on any atom is 0.203 e. The van der Waals surface area contributed by atoms with Crippen LogP contribution < -0.4 is 4.90 Å². The number of aromatic nitrogens is 1. The van der Waals surface area contributed by atoms with Gasteiger partial charge in [0.25, 0.3) is 0 Å². The highest BCUT2D eigenvalue weighted by molar-refractivity contribution is 6.25. The van der Waals surface area contributed by atoms with Gasteiger partial charge in [-0.05, 0) is 62.4 Å². The molecule has 0 spiro atoms. The SMILES string of the molecule is CN1c2ccccc2C(c2ccccc2)=NC1n1c2cc(-c3ccccc3)ccc2c2c3ccccc3c(-c3ccccc3-c3ccccc3)cc21. The Labute approximate surface area is 303 Å². The molecule has 3 nitrogen and oxygen atoms in total. The van der Waals surface area contributed by atoms with E-state index in [1.54, 1.807) is 0 Å². The molecule has 1 aromatic heterocycles. The molecule has 0 radical (unpaired) electrons. The third kappa shape index (κ3) is 4.78. The van der Waals surface area contributed by atoms with Crippen molar-refractivity contribution < 1.29 is 0 Å². The molecule has 0 fully saturated rings. The first kappa shape index (κ1) is 30.1. The van der Waals surface area contributed by atoms with E-state index in [0.717, 1.165) is 33.6 Å². The molecule has 0 saturated heterocycles. The van der Waals surface area contributed by atoms with Crippen LogP contribution in [0.25, 0.3) is 66.0 Å². The number of fused-ring (bicyclic) bond motifs is 6. The van der Waals surface area contributed by atoms with Crippen molar-refractivity contribution in [3.63, 3.8) is 0 Å². The van der Waals surface area contributed by atoms with Gasteiger partial charge in [-0.3, -0.25) is 0 Å². The van der Waals surface area contributed by atoms with Gasteiger partial charge in [0.1, 0.15) is 0 Å². The zero-order valence-corrected chi connectivity index (χ0v) is 28.8. The zero-order chi connectivity index (χ0) is 34.6. The molecule has 10 rings (SSSR count). The van der Waals surface area contributed by atoms with E-state index in [4.69, 9.17) is 4.99 Å². The van der Waals surface area contributed by atoms with E-state index in [9.17, 15) is 0 Å². The fraction of sp³-hybridized carbons (Fsp3) is 0.0408. The number of rotatable bonds is 5. The fourth-order valence-electron chi connectivity index (χ4n) is 8.21. The largest absolute Gasteiger partial charge is 0.335 e. The lowest BCUT2D eigenvalue weighted by Crippen LogP contribution is -2.33. The molecule has 0 bridgehead atoms. The second kappa shape index (κ2) is 12.3. The van der Waals surface area contributed by atoms with Crippen molar-refractivity contribution >= 4 is 44.0 Å². The predicted molar refractivity (Wildman–Crippen MR) is 219 cm³/mol. The minimum absolute atomic E-state index is 0.338. The van der Waals surface area contributed by atoms with Gasteiger partial charge in [-0.15, -0.1) is 0 Å². The number of hydrogen-bond acceptors (Lipinski definition) is 2. The summed E-state index contributed by atoms with van der Waals surface area (Å²) in [5, 5.41) is 4.94. The second-order valence-electron chi connectivity index (χ2n) is 13.6. The summed E-state index contributed by atoms with van der Waals surface area (Å²) in [7, 11) is 2.18. The third-order valence-electron chi connectivity index (χ3n) is 10.6. The van der Waals surface area contributed by atoms with E-state index in [1.807, 2.05) is 0 Å². The first-order valence-corrected chi connectivity index (χ1v) is 17.9. The van der Waals surface area contributed by atoms with E-state index in [1.165, 1.54) is 54.9 Å². The molecule has 246 valence electrons. The van der Waals surface area contributed by atoms with Crippen LogP contribution in [0, 0.1) is 0 Å². The number of aliphatic imine (C=N–C) groups is 1. The van der Waals surface area contributed by atoms with Crippen LogP contribution in [-0.2, 0) is 0 Å². The van der Waals surface area contributed by atoms with E-state index in [-0.39, 0.29) is 6.29 Å². The lowest BCUT2D eigenvalue weighted by Gasteiger charge is -2.35. The Balaban J connectivity index is 1.33. The summed E-state index contributed by atoms with van der Waals surface area (Å²) < 4.78 is 2.48. The lowest BCUT2D eigenvalue weighted by molar-refractivity contribution is 0.540. The molecule has 52 heavy (non-hydrogen) atoms. The van der Waals surface area contributed by atoms with E-state index < -0.39 is 0 Å². The highest BCUT2D eigenvalue weighted by Crippen LogP contribution is 2.46. The van der Waals surface area contributed by atoms with Gasteiger partial charge in [0.2, 0.25) is 6.29 Å². The molecule has 0 aliphatic carbocycles. The molecular formula is C49H35N3. The standard InChI is InChI=1S/C49H35N3/c1-51-44-28-16-15-27-42(44)48(35-21-9-4-10-22-35)50-49(51)52-45-31-36(33-17-5-2-6-18-33)29-30-41(45)47-40-26-14-13-25-39(40)43(32-46(47)52)38-24-12-11-23-37(38)34-19-7-3-8-20-34/h2-32,49H,1H3. The van der Waals surface area contributed by atoms with Crippen LogP contribution in [0.15, 0.2) is 193 Å². The smallest absolute Gasteiger partial charge is 0.203 e. The van der Waals surface area contributed by atoms with Crippen molar-refractivity contribution in [1.29, 1.82) is 0 Å². The van der Waals surface area contributed by atoms with Gasteiger partial charge in [0.15, 0.2) is 0 Å². The third-order valence-corrected chi connectivity index (χ3v) is 10.6. The van der Waals surface area contributed by atoms with E-state index >= 15 is 0 Å². The maximum absolute atomic E-state index is 5.67. The Kier molecular flexibility index (Phi) is 7.10. The summed E-state index contributed by atoms with van der Waals surface area (Å²) in [5.41, 5.74) is 13.9. The first-order valence-electron chi connectivity index (χ1n) is 17.9. The Morgan fingerprint density at radius 3 is 1.71 bits per heavy atom. The van der Waals surface area contributed by atoms with Crippen molar-refractivity contribution in [1.82, 2.24) is 4.57 Å². The monoisotopic (exact) mass is 665 g/mol. The highest BCUT2D eigenvalue weighted by Gasteiger charge is 2.30. The average molecular weight is 666 g/mol. The molecule has 0 amide bonds. The zero-order valence-electron chi connectivity index (χ0n) is 28.8. The molecule has 0 saturated carbocycles. The molecule has 2 heterocycles. The Bertz CT molecular complexity index is 2800. The normalized spacial score (nSPS) is 14.1. The predicted octanol–water partition coefficient (Wildman–Crippen LogP) is 12.4. The van der Waals surface area contributed by atoms with Crippen LogP contribution >= 0.6 is 0 Å². The fourth-order valence-corrected chi connectivity index (χ4v) is 8.21. The summed E-state index contributed by atoms with van der Waals surface area (Å²) in [5.74, 6) is 0. The summed E-state index contributed by atoms with van der Waals surface area (Å²) in [6.07, 6.45) is -0.338. The number of para-hydroxylation sites is 1. The summed E-state index contributed by atoms with van der Waals surface area (Å²) >= 11 is 0. The Hall–Kier alpha value is -6.71. The topological polar surface area (TPSA) is 20.5 Å². The van der Waals surface area contributed by atoms with Gasteiger partial charge < -0.3 is 9.47 Å². The van der Waals surface area contributed by atoms with Gasteiger partial charge in [0.05, 0.1) is 16.7 Å². The molecule has 8 aromatic carbocycles. The van der Waals surface area contributed by atoms with Gasteiger partial charge in [-0.25, -0.2) is 4.99 Å². The molecule has 1 unspecified atom stereocenters. The van der Waals surface area contributed by atoms with Crippen molar-refractivity contribution in [2.75, 3.05) is 11.9 Å². The molecule has 0 N–H and O–H groups in total. The van der Waals surface area contributed by atoms with Gasteiger partial charge in [-0.2, -0.15) is 0 Å². The van der Waals surface area contributed by atoms with Gasteiger partial charge in [-0.1, -0.05) is 170 Å². The summed E-state index contributed by atoms with van der Waals surface area (Å²) in [6.45, 7) is 0. The van der Waals surface area contributed by atoms with Gasteiger partial charge in [0, 0.05) is 34.6 Å².